The number of esters is 2. The topological polar surface area (TPSA) is 163 Å². The van der Waals surface area contributed by atoms with Gasteiger partial charge >= 0.3 is 18.1 Å². The molecule has 2 saturated carbocycles. The maximum Gasteiger partial charge on any atom is 0.508 e. The molecule has 6 heterocycles. The molecule has 1 aromatic heterocycles. The number of anilines is 1. The number of benzene rings is 2. The molecule has 10 rings (SSSR count). The van der Waals surface area contributed by atoms with Crippen molar-refractivity contribution in [2.24, 2.45) is 23.2 Å². The number of H-pyrrole nitrogens is 1. The highest BCUT2D eigenvalue weighted by Gasteiger charge is 2.84. The van der Waals surface area contributed by atoms with Crippen molar-refractivity contribution in [2.75, 3.05) is 73.1 Å². The fourth-order valence-electron chi connectivity index (χ4n) is 14.8. The van der Waals surface area contributed by atoms with E-state index < -0.39 is 57.7 Å². The van der Waals surface area contributed by atoms with Gasteiger partial charge in [0.05, 0.1) is 40.1 Å². The third-order valence-corrected chi connectivity index (χ3v) is 17.0. The van der Waals surface area contributed by atoms with Crippen LogP contribution in [-0.4, -0.2) is 141 Å². The fraction of sp³-hybridized carbons (Fsp3) is 0.638. The number of methoxy groups -OCH3 is 4. The second-order valence-electron chi connectivity index (χ2n) is 19.4. The summed E-state index contributed by atoms with van der Waals surface area (Å²) >= 11 is 0. The van der Waals surface area contributed by atoms with Crippen LogP contribution < -0.4 is 9.64 Å². The Morgan fingerprint density at radius 3 is 2.38 bits per heavy atom. The summed E-state index contributed by atoms with van der Waals surface area (Å²) in [4.78, 5) is 53.9. The molecule has 1 spiro atoms. The number of nitrogens with zero attached hydrogens (tertiary/aromatic N) is 3. The fourth-order valence-corrected chi connectivity index (χ4v) is 14.8. The summed E-state index contributed by atoms with van der Waals surface area (Å²) < 4.78 is 29.2. The van der Waals surface area contributed by atoms with Crippen LogP contribution in [0.3, 0.4) is 0 Å². The lowest BCUT2D eigenvalue weighted by Gasteiger charge is -2.64. The number of para-hydroxylation sites is 1. The van der Waals surface area contributed by atoms with E-state index in [9.17, 15) is 19.8 Å². The first-order chi connectivity index (χ1) is 29.3. The van der Waals surface area contributed by atoms with Gasteiger partial charge in [0.15, 0.2) is 6.10 Å². The molecule has 7 aliphatic rings. The zero-order valence-electron chi connectivity index (χ0n) is 36.4. The lowest BCUT2D eigenvalue weighted by Crippen LogP contribution is -2.82. The Hall–Kier alpha value is -4.37. The Morgan fingerprint density at radius 2 is 1.67 bits per heavy atom. The van der Waals surface area contributed by atoms with E-state index in [2.05, 4.69) is 33.8 Å². The highest BCUT2D eigenvalue weighted by atomic mass is 16.7. The van der Waals surface area contributed by atoms with Crippen LogP contribution in [-0.2, 0) is 45.8 Å². The van der Waals surface area contributed by atoms with Gasteiger partial charge in [-0.15, -0.1) is 0 Å². The lowest BCUT2D eigenvalue weighted by atomic mass is 9.46. The SMILES string of the molecule is CC[C@]1(O)C[C@H]2CN(CCc3c([nH]c4ccccc34)[C@@](C(=O)OC)(c3cc4c(cc3OC)N(C)[C@H]3[C@@](O)(C(=O)OC)[C@H](OC(=O)OC)[C@]5(CC)[C@@H]6C[C@@H]6CN6CC[C@]43[C@@H]65)C2)C1. The van der Waals surface area contributed by atoms with Gasteiger partial charge in [-0.2, -0.15) is 0 Å². The quantitative estimate of drug-likeness (QED) is 0.229. The normalized spacial score (nSPS) is 39.3. The molecule has 5 aliphatic heterocycles. The predicted octanol–water partition coefficient (Wildman–Crippen LogP) is 4.29. The number of fused-ring (bicyclic) bond motifs is 8. The van der Waals surface area contributed by atoms with E-state index in [0.29, 0.717) is 81.9 Å². The first kappa shape index (κ1) is 40.7. The summed E-state index contributed by atoms with van der Waals surface area (Å²) in [6.07, 6.45) is 1.83. The van der Waals surface area contributed by atoms with Crippen molar-refractivity contribution in [2.45, 2.75) is 99.0 Å². The van der Waals surface area contributed by atoms with Gasteiger partial charge in [-0.3, -0.25) is 14.6 Å². The van der Waals surface area contributed by atoms with Crippen LogP contribution in [0.5, 0.6) is 5.75 Å². The van der Waals surface area contributed by atoms with Gasteiger partial charge in [-0.1, -0.05) is 32.0 Å². The molecule has 14 nitrogen and oxygen atoms in total. The van der Waals surface area contributed by atoms with Gasteiger partial charge in [0, 0.05) is 84.0 Å². The highest BCUT2D eigenvalue weighted by Crippen LogP contribution is 2.74. The average molecular weight is 841 g/mol. The zero-order valence-corrected chi connectivity index (χ0v) is 36.4. The number of rotatable bonds is 7. The minimum absolute atomic E-state index is 0.0730. The molecular weight excluding hydrogens is 781 g/mol. The second kappa shape index (κ2) is 13.8. The molecular formula is C47H60N4O10. The van der Waals surface area contributed by atoms with Crippen LogP contribution in [0.1, 0.15) is 74.8 Å². The molecule has 14 heteroatoms. The summed E-state index contributed by atoms with van der Waals surface area (Å²) in [7, 11) is 7.42. The summed E-state index contributed by atoms with van der Waals surface area (Å²) in [5.74, 6) is -0.563. The van der Waals surface area contributed by atoms with Crippen LogP contribution in [0.2, 0.25) is 0 Å². The molecule has 2 aliphatic carbocycles. The Labute approximate surface area is 356 Å². The maximum absolute atomic E-state index is 15.4. The molecule has 3 saturated heterocycles. The number of nitrogens with one attached hydrogen (secondary N) is 1. The minimum atomic E-state index is -2.32. The number of piperidine rings is 2. The summed E-state index contributed by atoms with van der Waals surface area (Å²) in [6, 6.07) is 11.0. The molecule has 3 N–H and O–H groups in total. The summed E-state index contributed by atoms with van der Waals surface area (Å²) in [5, 5.41) is 26.6. The second-order valence-corrected chi connectivity index (χ2v) is 19.4. The van der Waals surface area contributed by atoms with E-state index in [1.807, 2.05) is 43.1 Å². The van der Waals surface area contributed by atoms with Crippen molar-refractivity contribution >= 4 is 34.7 Å². The molecule has 1 unspecified atom stereocenters. The molecule has 2 bridgehead atoms. The molecule has 12 atom stereocenters. The van der Waals surface area contributed by atoms with Crippen molar-refractivity contribution in [1.29, 1.82) is 0 Å². The number of hydrogen-bond acceptors (Lipinski definition) is 13. The Bertz CT molecular complexity index is 2320. The number of hydrogen-bond donors (Lipinski definition) is 3. The number of aliphatic hydroxyl groups is 2. The van der Waals surface area contributed by atoms with E-state index >= 15 is 4.79 Å². The Kier molecular flexibility index (Phi) is 9.21. The standard InChI is InChI=1S/C47H60N4O10/c1-8-43(55)21-26-22-46(40(52)58-5,36-29(14-16-50(23-26)25-43)28-12-10-11-13-33(28)48-36)32-19-31-34(20-35(32)57-4)49(3)38-45(31)15-17-51-24-27-18-30(27)44(9-2,37(45)51)39(61-42(54)60-7)47(38,56)41(53)59-6/h10-13,19-20,26-27,30,37-39,48,55-56H,8-9,14-18,21-25H2,1-7H3/t26-,27-,30-,37+,38-,39-,43+,44-,45-,46+,47+/m1/s1. The summed E-state index contributed by atoms with van der Waals surface area (Å²) in [6.45, 7) is 7.63. The highest BCUT2D eigenvalue weighted by molar-refractivity contribution is 5.95. The van der Waals surface area contributed by atoms with Crippen molar-refractivity contribution < 1.29 is 48.3 Å². The molecule has 0 amide bonds. The number of carbonyl (C=O) groups is 3. The van der Waals surface area contributed by atoms with Crippen LogP contribution in [0.25, 0.3) is 10.9 Å². The van der Waals surface area contributed by atoms with Crippen LogP contribution in [0, 0.1) is 23.2 Å². The van der Waals surface area contributed by atoms with Gasteiger partial charge in [0.1, 0.15) is 11.2 Å². The van der Waals surface area contributed by atoms with Crippen LogP contribution >= 0.6 is 0 Å². The summed E-state index contributed by atoms with van der Waals surface area (Å²) in [5.41, 5.74) is -1.46. The molecule has 0 radical (unpaired) electrons. The number of aromatic nitrogens is 1. The van der Waals surface area contributed by atoms with E-state index in [1.165, 1.54) is 21.3 Å². The Morgan fingerprint density at radius 1 is 0.902 bits per heavy atom. The van der Waals surface area contributed by atoms with Crippen LogP contribution in [0.15, 0.2) is 36.4 Å². The lowest BCUT2D eigenvalue weighted by molar-refractivity contribution is -0.239. The monoisotopic (exact) mass is 840 g/mol. The number of likely N-dealkylation sites (N-methyl/N-ethyl adjacent to an activating group) is 1. The molecule has 61 heavy (non-hydrogen) atoms. The van der Waals surface area contributed by atoms with E-state index in [4.69, 9.17) is 23.7 Å². The van der Waals surface area contributed by atoms with E-state index in [-0.39, 0.29) is 17.9 Å². The maximum atomic E-state index is 15.4. The van der Waals surface area contributed by atoms with Crippen molar-refractivity contribution in [3.05, 3.63) is 58.8 Å². The van der Waals surface area contributed by atoms with Gasteiger partial charge in [-0.25, -0.2) is 9.59 Å². The minimum Gasteiger partial charge on any atom is -0.496 e. The Balaban J connectivity index is 1.27. The van der Waals surface area contributed by atoms with E-state index in [1.54, 1.807) is 7.11 Å². The zero-order chi connectivity index (χ0) is 43.0. The number of aromatic amines is 1. The average Bonchev–Trinajstić information content (AvgIpc) is 3.71. The largest absolute Gasteiger partial charge is 0.508 e. The van der Waals surface area contributed by atoms with Crippen molar-refractivity contribution in [1.82, 2.24) is 14.8 Å². The molecule has 2 aromatic carbocycles. The van der Waals surface area contributed by atoms with E-state index in [0.717, 1.165) is 46.4 Å². The first-order valence-electron chi connectivity index (χ1n) is 22.1. The molecule has 328 valence electrons. The van der Waals surface area contributed by atoms with Crippen molar-refractivity contribution in [3.8, 4) is 5.75 Å². The van der Waals surface area contributed by atoms with Crippen molar-refractivity contribution in [3.63, 3.8) is 0 Å². The van der Waals surface area contributed by atoms with Gasteiger partial charge in [0.25, 0.3) is 0 Å². The first-order valence-corrected chi connectivity index (χ1v) is 22.1. The van der Waals surface area contributed by atoms with Gasteiger partial charge in [0.2, 0.25) is 5.60 Å². The number of ether oxygens (including phenoxy) is 5. The predicted molar refractivity (Wildman–Crippen MR) is 225 cm³/mol. The third kappa shape index (κ3) is 5.13. The molecule has 5 fully saturated rings. The smallest absolute Gasteiger partial charge is 0.496 e. The van der Waals surface area contributed by atoms with Gasteiger partial charge in [-0.05, 0) is 92.5 Å². The third-order valence-electron chi connectivity index (χ3n) is 17.0. The van der Waals surface area contributed by atoms with Crippen LogP contribution in [0.4, 0.5) is 10.5 Å². The molecule has 3 aromatic rings. The number of carbonyl (C=O) groups excluding carboxylic acids is 3. The van der Waals surface area contributed by atoms with Gasteiger partial charge < -0.3 is 43.8 Å².